The maximum Gasteiger partial charge on any atom is 0.351 e. The van der Waals surface area contributed by atoms with E-state index >= 15 is 0 Å². The molecule has 0 saturated carbocycles. The third-order valence-electron chi connectivity index (χ3n) is 13.2. The lowest BCUT2D eigenvalue weighted by atomic mass is 10.2. The highest BCUT2D eigenvalue weighted by molar-refractivity contribution is 8.32. The Hall–Kier alpha value is -5.15. The van der Waals surface area contributed by atoms with Gasteiger partial charge in [0.15, 0.2) is 40.9 Å². The van der Waals surface area contributed by atoms with Crippen molar-refractivity contribution in [1.29, 1.82) is 0 Å². The molecule has 4 aliphatic heterocycles. The molecule has 7 aromatic rings. The van der Waals surface area contributed by atoms with Gasteiger partial charge in [0, 0.05) is 31.9 Å². The molecule has 11 N–H and O–H groups in total. The van der Waals surface area contributed by atoms with Crippen LogP contribution in [0.4, 0.5) is 23.4 Å². The van der Waals surface area contributed by atoms with Gasteiger partial charge in [-0.3, -0.25) is 32.6 Å². The standard InChI is InChI=1S/C39H49N18O17P3S3/c40-24-1-2-54(39(61)51-24)25-3-16(59)21(69-25)8-65-75(62,78)73-18-5-27(56-14-49-30-33(42)45-12-47-35(30)56)70-22(18)9-67-77(64,80)74-19-6-28(57-15-50-31-36(57)52-38(43)53-37(31)60)71-23(19)10-66-76(63,79)72-17-4-26(68-20(17)7-58)55-13-48-29-32(41)44-11-46-34(29)55/h1-2,11-23,25-28,58-59H,3-10H2,(H,62,78)(H,63,79)(H,64,80)(H2,40,51,61)(H2,41,44,46)(H2,42,45,47)(H3,43,52,53,60)/p-3/t16-,17-,18-,19-,20-,21-,22-,23-,25-,26-,27-,28-,75?,76?,77?/m1/s1. The third-order valence-corrected chi connectivity index (χ3v) is 17.9. The summed E-state index contributed by atoms with van der Waals surface area (Å²) >= 11 is 16.1. The molecule has 0 bridgehead atoms. The van der Waals surface area contributed by atoms with Gasteiger partial charge in [0.1, 0.15) is 92.3 Å². The molecule has 4 aliphatic rings. The van der Waals surface area contributed by atoms with E-state index in [1.54, 1.807) is 4.57 Å². The van der Waals surface area contributed by atoms with E-state index in [9.17, 15) is 34.2 Å². The lowest BCUT2D eigenvalue weighted by Crippen LogP contribution is -2.33. The van der Waals surface area contributed by atoms with Crippen molar-refractivity contribution < 1.29 is 70.7 Å². The Balaban J connectivity index is 0.789. The van der Waals surface area contributed by atoms with Crippen LogP contribution in [0.5, 0.6) is 0 Å². The molecule has 11 rings (SSSR count). The normalized spacial score (nSPS) is 29.4. The maximum atomic E-state index is 14.4. The molecular formula is C39H46N18O17P3S3-3. The van der Waals surface area contributed by atoms with Crippen LogP contribution in [0.3, 0.4) is 0 Å². The van der Waals surface area contributed by atoms with E-state index in [1.807, 2.05) is 0 Å². The molecule has 80 heavy (non-hydrogen) atoms. The van der Waals surface area contributed by atoms with E-state index in [0.29, 0.717) is 11.2 Å². The van der Waals surface area contributed by atoms with Crippen molar-refractivity contribution >= 4 is 113 Å². The monoisotopic (exact) mass is 1230 g/mol. The molecule has 4 fully saturated rings. The fourth-order valence-electron chi connectivity index (χ4n) is 9.49. The summed E-state index contributed by atoms with van der Waals surface area (Å²) in [5.74, 6) is -0.0587. The van der Waals surface area contributed by atoms with Gasteiger partial charge in [0.2, 0.25) is 5.95 Å². The van der Waals surface area contributed by atoms with Gasteiger partial charge >= 0.3 is 5.69 Å². The number of aromatic amines is 1. The quantitative estimate of drug-likeness (QED) is 0.0318. The molecule has 4 saturated heterocycles. The van der Waals surface area contributed by atoms with Crippen molar-refractivity contribution in [2.45, 2.75) is 99.4 Å². The minimum atomic E-state index is -4.69. The lowest BCUT2D eigenvalue weighted by molar-refractivity contribution is -0.216. The van der Waals surface area contributed by atoms with Gasteiger partial charge in [-0.25, -0.2) is 39.7 Å². The molecule has 7 aromatic heterocycles. The number of nitrogen functional groups attached to an aromatic ring is 4. The smallest absolute Gasteiger partial charge is 0.351 e. The highest BCUT2D eigenvalue weighted by atomic mass is 32.7. The van der Waals surface area contributed by atoms with Crippen molar-refractivity contribution in [2.75, 3.05) is 49.4 Å². The first-order valence-electron chi connectivity index (χ1n) is 23.9. The number of nitrogens with one attached hydrogen (secondary N) is 1. The molecule has 0 amide bonds. The summed E-state index contributed by atoms with van der Waals surface area (Å²) in [6, 6.07) is 1.38. The summed E-state index contributed by atoms with van der Waals surface area (Å²) in [5.41, 5.74) is 23.1. The maximum absolute atomic E-state index is 14.4. The number of aliphatic hydroxyl groups excluding tert-OH is 2. The number of rotatable bonds is 20. The van der Waals surface area contributed by atoms with Crippen molar-refractivity contribution in [3.05, 3.63) is 64.7 Å². The zero-order valence-corrected chi connectivity index (χ0v) is 46.0. The Morgan fingerprint density at radius 3 is 1.69 bits per heavy atom. The lowest BCUT2D eigenvalue weighted by Gasteiger charge is -2.35. The average Bonchev–Trinajstić information content (AvgIpc) is 4.29. The summed E-state index contributed by atoms with van der Waals surface area (Å²) in [5, 5.41) is 21.0. The van der Waals surface area contributed by atoms with Crippen LogP contribution in [0.1, 0.15) is 50.6 Å². The van der Waals surface area contributed by atoms with E-state index in [0.717, 1.165) is 4.57 Å². The topological polar surface area (TPSA) is 486 Å². The van der Waals surface area contributed by atoms with Gasteiger partial charge in [-0.15, -0.1) is 0 Å². The molecule has 0 aliphatic carbocycles. The average molecular weight is 1230 g/mol. The van der Waals surface area contributed by atoms with Crippen molar-refractivity contribution in [3.8, 4) is 0 Å². The fourth-order valence-corrected chi connectivity index (χ4v) is 13.9. The number of fused-ring (bicyclic) bond motifs is 3. The number of ether oxygens (including phenoxy) is 4. The first-order valence-corrected chi connectivity index (χ1v) is 31.5. The fraction of sp³-hybridized carbons (Fsp3) is 0.513. The molecule has 430 valence electrons. The first-order chi connectivity index (χ1) is 38.1. The first kappa shape index (κ1) is 56.7. The number of nitrogens with zero attached hydrogens (tertiary/aromatic N) is 13. The van der Waals surface area contributed by atoms with E-state index < -0.39 is 132 Å². The number of H-pyrrole nitrogens is 1. The van der Waals surface area contributed by atoms with Crippen LogP contribution in [0.15, 0.2) is 53.5 Å². The summed E-state index contributed by atoms with van der Waals surface area (Å²) in [7, 11) is 0. The second-order valence-electron chi connectivity index (χ2n) is 18.4. The minimum absolute atomic E-state index is 0.00253. The van der Waals surface area contributed by atoms with E-state index in [1.165, 1.54) is 53.0 Å². The number of nitrogens with two attached hydrogens (primary N) is 4. The summed E-state index contributed by atoms with van der Waals surface area (Å²) < 4.78 is 79.1. The molecule has 0 radical (unpaired) electrons. The van der Waals surface area contributed by atoms with E-state index in [4.69, 9.17) is 105 Å². The molecular weight excluding hydrogens is 1180 g/mol. The van der Waals surface area contributed by atoms with Crippen LogP contribution in [0.2, 0.25) is 0 Å². The number of hydrogen-bond donors (Lipinski definition) is 7. The van der Waals surface area contributed by atoms with Crippen LogP contribution in [-0.4, -0.2) is 154 Å². The third kappa shape index (κ3) is 11.9. The Kier molecular flexibility index (Phi) is 16.0. The molecule has 0 aromatic carbocycles. The van der Waals surface area contributed by atoms with Crippen molar-refractivity contribution in [2.24, 2.45) is 0 Å². The van der Waals surface area contributed by atoms with Crippen LogP contribution in [0, 0.1) is 0 Å². The molecule has 3 unspecified atom stereocenters. The molecule has 11 heterocycles. The van der Waals surface area contributed by atoms with E-state index in [-0.39, 0.29) is 71.4 Å². The van der Waals surface area contributed by atoms with Gasteiger partial charge in [-0.1, -0.05) is 23.6 Å². The van der Waals surface area contributed by atoms with Crippen molar-refractivity contribution in [1.82, 2.24) is 68.1 Å². The van der Waals surface area contributed by atoms with Crippen LogP contribution < -0.4 is 44.0 Å². The number of imidazole rings is 3. The second-order valence-corrected chi connectivity index (χ2v) is 26.5. The van der Waals surface area contributed by atoms with Gasteiger partial charge in [-0.2, -0.15) is 9.97 Å². The molecule has 35 nitrogen and oxygen atoms in total. The highest BCUT2D eigenvalue weighted by Crippen LogP contribution is 2.53. The molecule has 41 heteroatoms. The Morgan fingerprint density at radius 2 is 1.12 bits per heavy atom. The largest absolute Gasteiger partial charge is 0.780 e. The predicted octanol–water partition coefficient (Wildman–Crippen LogP) is -2.08. The van der Waals surface area contributed by atoms with Gasteiger partial charge < -0.3 is 101 Å². The molecule has 15 atom stereocenters. The van der Waals surface area contributed by atoms with Crippen LogP contribution in [0.25, 0.3) is 33.5 Å². The highest BCUT2D eigenvalue weighted by Gasteiger charge is 2.45. The Bertz CT molecular complexity index is 3730. The number of hydrogen-bond acceptors (Lipinski definition) is 33. The Labute approximate surface area is 463 Å². The zero-order chi connectivity index (χ0) is 56.4. The molecule has 0 spiro atoms. The summed E-state index contributed by atoms with van der Waals surface area (Å²) in [6.45, 7) is -16.1. The second kappa shape index (κ2) is 22.5. The van der Waals surface area contributed by atoms with Crippen LogP contribution >= 0.6 is 20.2 Å². The van der Waals surface area contributed by atoms with Crippen molar-refractivity contribution in [3.63, 3.8) is 0 Å². The van der Waals surface area contributed by atoms with Gasteiger partial charge in [0.05, 0.1) is 69.8 Å². The Morgan fingerprint density at radius 1 is 0.650 bits per heavy atom. The van der Waals surface area contributed by atoms with Crippen LogP contribution in [-0.2, 0) is 86.5 Å². The minimum Gasteiger partial charge on any atom is -0.780 e. The summed E-state index contributed by atoms with van der Waals surface area (Å²) in [4.78, 5) is 92.4. The SMILES string of the molecule is Nc1ccn([C@H]2C[C@@H](O)[C@@H](COP([O-])(=S)O[C@@H]3C[C@H](n4cnc5c(N)ncnc54)O[C@@H]3COP(=O)([S-])O[C@@H]3C[C@H](n4cnc5c(=O)[nH]c(N)nc54)O[C@@H]3COP([O-])(=S)O[C@@H]3C[C@H](n4cnc5c(N)ncnc54)O[C@@H]3CO)O2)c(=O)n1. The zero-order valence-electron chi connectivity index (χ0n) is 40.8. The predicted molar refractivity (Wildman–Crippen MR) is 278 cm³/mol. The van der Waals surface area contributed by atoms with Gasteiger partial charge in [-0.05, 0) is 6.07 Å². The number of aromatic nitrogens is 14. The number of aliphatic hydroxyl groups is 2. The summed E-state index contributed by atoms with van der Waals surface area (Å²) in [6.07, 6.45) is -6.01. The van der Waals surface area contributed by atoms with E-state index in [2.05, 4.69) is 49.8 Å². The number of anilines is 4. The van der Waals surface area contributed by atoms with Gasteiger partial charge in [0.25, 0.3) is 5.56 Å².